The molecule has 0 radical (unpaired) electrons. The summed E-state index contributed by atoms with van der Waals surface area (Å²) < 4.78 is 0. The van der Waals surface area contributed by atoms with E-state index in [9.17, 15) is 9.59 Å². The minimum absolute atomic E-state index is 0.838. The van der Waals surface area contributed by atoms with Gasteiger partial charge in [-0.25, -0.2) is 19.4 Å². The summed E-state index contributed by atoms with van der Waals surface area (Å²) in [5, 5.41) is 24.8. The molecule has 0 saturated carbocycles. The summed E-state index contributed by atoms with van der Waals surface area (Å²) in [6.07, 6.45) is -1.75. The molecule has 12 heavy (non-hydrogen) atoms. The van der Waals surface area contributed by atoms with Crippen LogP contribution in [0.3, 0.4) is 0 Å². The second kappa shape index (κ2) is 5.47. The SMILES string of the molecule is O=C(CO)OOC(=O)C(O)CO. The third kappa shape index (κ3) is 3.86. The van der Waals surface area contributed by atoms with Crippen LogP contribution in [0.2, 0.25) is 0 Å². The summed E-state index contributed by atoms with van der Waals surface area (Å²) in [6, 6.07) is 0. The van der Waals surface area contributed by atoms with E-state index in [2.05, 4.69) is 9.78 Å². The van der Waals surface area contributed by atoms with Crippen LogP contribution >= 0.6 is 0 Å². The second-order valence-electron chi connectivity index (χ2n) is 1.71. The highest BCUT2D eigenvalue weighted by atomic mass is 17.2. The fourth-order valence-electron chi connectivity index (χ4n) is 0.244. The average molecular weight is 180 g/mol. The normalized spacial score (nSPS) is 11.9. The minimum Gasteiger partial charge on any atom is -0.393 e. The quantitative estimate of drug-likeness (QED) is 0.320. The van der Waals surface area contributed by atoms with E-state index in [4.69, 9.17) is 15.3 Å². The van der Waals surface area contributed by atoms with Gasteiger partial charge >= 0.3 is 11.9 Å². The van der Waals surface area contributed by atoms with Crippen LogP contribution in [0.4, 0.5) is 0 Å². The van der Waals surface area contributed by atoms with Crippen molar-refractivity contribution in [2.45, 2.75) is 6.10 Å². The van der Waals surface area contributed by atoms with Crippen LogP contribution in [0.5, 0.6) is 0 Å². The molecule has 0 aliphatic rings. The maximum atomic E-state index is 10.4. The van der Waals surface area contributed by atoms with Crippen LogP contribution in [0, 0.1) is 0 Å². The molecule has 0 saturated heterocycles. The van der Waals surface area contributed by atoms with Crippen molar-refractivity contribution in [3.05, 3.63) is 0 Å². The molecule has 7 nitrogen and oxygen atoms in total. The second-order valence-corrected chi connectivity index (χ2v) is 1.71. The van der Waals surface area contributed by atoms with Crippen molar-refractivity contribution in [3.63, 3.8) is 0 Å². The van der Waals surface area contributed by atoms with E-state index < -0.39 is 31.3 Å². The number of carbonyl (C=O) groups excluding carboxylic acids is 2. The fraction of sp³-hybridized carbons (Fsp3) is 0.600. The zero-order valence-electron chi connectivity index (χ0n) is 5.97. The van der Waals surface area contributed by atoms with E-state index in [0.29, 0.717) is 0 Å². The summed E-state index contributed by atoms with van der Waals surface area (Å²) in [5.41, 5.74) is 0. The molecule has 0 aliphatic carbocycles. The smallest absolute Gasteiger partial charge is 0.386 e. The predicted molar refractivity (Wildman–Crippen MR) is 32.4 cm³/mol. The molecule has 0 aromatic carbocycles. The van der Waals surface area contributed by atoms with Crippen molar-refractivity contribution in [1.82, 2.24) is 0 Å². The van der Waals surface area contributed by atoms with Gasteiger partial charge in [-0.1, -0.05) is 0 Å². The number of hydrogen-bond donors (Lipinski definition) is 3. The van der Waals surface area contributed by atoms with Crippen LogP contribution in [0.15, 0.2) is 0 Å². The highest BCUT2D eigenvalue weighted by Crippen LogP contribution is 1.88. The van der Waals surface area contributed by atoms with Crippen molar-refractivity contribution in [2.24, 2.45) is 0 Å². The molecule has 0 aliphatic heterocycles. The maximum Gasteiger partial charge on any atom is 0.386 e. The molecule has 3 N–H and O–H groups in total. The van der Waals surface area contributed by atoms with Gasteiger partial charge in [-0.15, -0.1) is 0 Å². The first-order chi connectivity index (χ1) is 5.61. The fourth-order valence-corrected chi connectivity index (χ4v) is 0.244. The van der Waals surface area contributed by atoms with Gasteiger partial charge in [0.15, 0.2) is 6.10 Å². The van der Waals surface area contributed by atoms with E-state index in [1.54, 1.807) is 0 Å². The third-order valence-electron chi connectivity index (χ3n) is 0.791. The lowest BCUT2D eigenvalue weighted by Crippen LogP contribution is -2.28. The van der Waals surface area contributed by atoms with Crippen molar-refractivity contribution in [1.29, 1.82) is 0 Å². The molecule has 0 rings (SSSR count). The van der Waals surface area contributed by atoms with Gasteiger partial charge in [0.2, 0.25) is 0 Å². The van der Waals surface area contributed by atoms with Gasteiger partial charge < -0.3 is 15.3 Å². The standard InChI is InChI=1S/C5H8O7/c6-1-3(8)5(10)12-11-4(9)2-7/h3,6-8H,1-2H2. The highest BCUT2D eigenvalue weighted by molar-refractivity contribution is 5.76. The Kier molecular flexibility index (Phi) is 4.93. The Balaban J connectivity index is 3.64. The molecule has 70 valence electrons. The molecule has 0 amide bonds. The van der Waals surface area contributed by atoms with Crippen LogP contribution in [-0.2, 0) is 19.4 Å². The third-order valence-corrected chi connectivity index (χ3v) is 0.791. The van der Waals surface area contributed by atoms with Gasteiger partial charge in [-0.05, 0) is 0 Å². The topological polar surface area (TPSA) is 113 Å². The minimum atomic E-state index is -1.75. The monoisotopic (exact) mass is 180 g/mol. The molecule has 1 atom stereocenters. The molecule has 7 heteroatoms. The summed E-state index contributed by atoms with van der Waals surface area (Å²) in [4.78, 5) is 27.9. The summed E-state index contributed by atoms with van der Waals surface area (Å²) in [7, 11) is 0. The molecule has 0 aromatic rings. The van der Waals surface area contributed by atoms with Gasteiger partial charge in [-0.2, -0.15) is 0 Å². The van der Waals surface area contributed by atoms with Crippen molar-refractivity contribution < 1.29 is 34.7 Å². The average Bonchev–Trinajstić information content (AvgIpc) is 2.11. The Hall–Kier alpha value is -1.18. The Morgan fingerprint density at radius 1 is 1.25 bits per heavy atom. The van der Waals surface area contributed by atoms with Crippen LogP contribution in [-0.4, -0.2) is 46.6 Å². The Labute approximate surface area is 67.1 Å². The van der Waals surface area contributed by atoms with Gasteiger partial charge in [-0.3, -0.25) is 0 Å². The Morgan fingerprint density at radius 3 is 2.25 bits per heavy atom. The number of rotatable bonds is 3. The van der Waals surface area contributed by atoms with E-state index in [0.717, 1.165) is 0 Å². The first-order valence-corrected chi connectivity index (χ1v) is 2.92. The van der Waals surface area contributed by atoms with Crippen molar-refractivity contribution in [2.75, 3.05) is 13.2 Å². The zero-order valence-corrected chi connectivity index (χ0v) is 5.97. The van der Waals surface area contributed by atoms with Gasteiger partial charge in [0.25, 0.3) is 0 Å². The summed E-state index contributed by atoms with van der Waals surface area (Å²) >= 11 is 0. The van der Waals surface area contributed by atoms with Gasteiger partial charge in [0.05, 0.1) is 6.61 Å². The highest BCUT2D eigenvalue weighted by Gasteiger charge is 2.18. The molecule has 0 spiro atoms. The van der Waals surface area contributed by atoms with Crippen LogP contribution < -0.4 is 0 Å². The zero-order chi connectivity index (χ0) is 9.56. The number of carbonyl (C=O) groups is 2. The molecule has 1 unspecified atom stereocenters. The van der Waals surface area contributed by atoms with Crippen molar-refractivity contribution >= 4 is 11.9 Å². The number of hydrogen-bond acceptors (Lipinski definition) is 7. The van der Waals surface area contributed by atoms with E-state index in [1.165, 1.54) is 0 Å². The molecule has 0 heterocycles. The first-order valence-electron chi connectivity index (χ1n) is 2.92. The van der Waals surface area contributed by atoms with Gasteiger partial charge in [0, 0.05) is 0 Å². The summed E-state index contributed by atoms with van der Waals surface area (Å²) in [5.74, 6) is -2.48. The largest absolute Gasteiger partial charge is 0.393 e. The lowest BCUT2D eigenvalue weighted by Gasteiger charge is -2.04. The van der Waals surface area contributed by atoms with Gasteiger partial charge in [0.1, 0.15) is 6.61 Å². The first kappa shape index (κ1) is 10.8. The lowest BCUT2D eigenvalue weighted by atomic mass is 10.4. The lowest BCUT2D eigenvalue weighted by molar-refractivity contribution is -0.266. The molecule has 0 bridgehead atoms. The van der Waals surface area contributed by atoms with E-state index in [-0.39, 0.29) is 0 Å². The Morgan fingerprint density at radius 2 is 1.83 bits per heavy atom. The maximum absolute atomic E-state index is 10.4. The van der Waals surface area contributed by atoms with E-state index >= 15 is 0 Å². The molecular weight excluding hydrogens is 172 g/mol. The molecular formula is C5H8O7. The summed E-state index contributed by atoms with van der Waals surface area (Å²) in [6.45, 7) is -1.78. The van der Waals surface area contributed by atoms with Crippen molar-refractivity contribution in [3.8, 4) is 0 Å². The number of aliphatic hydroxyl groups is 3. The number of aliphatic hydroxyl groups excluding tert-OH is 3. The Bertz CT molecular complexity index is 165. The predicted octanol–water partition coefficient (Wildman–Crippen LogP) is -2.67. The molecule has 0 fully saturated rings. The van der Waals surface area contributed by atoms with E-state index in [1.807, 2.05) is 0 Å². The van der Waals surface area contributed by atoms with Crippen LogP contribution in [0.1, 0.15) is 0 Å². The van der Waals surface area contributed by atoms with Crippen LogP contribution in [0.25, 0.3) is 0 Å². The molecule has 0 aromatic heterocycles.